The van der Waals surface area contributed by atoms with E-state index in [4.69, 9.17) is 16.4 Å². The van der Waals surface area contributed by atoms with E-state index < -0.39 is 0 Å². The molecule has 0 aliphatic heterocycles. The highest BCUT2D eigenvalue weighted by Crippen LogP contribution is 2.22. The maximum atomic E-state index is 8.99. The van der Waals surface area contributed by atoms with E-state index in [2.05, 4.69) is 6.07 Å². The van der Waals surface area contributed by atoms with Gasteiger partial charge in [-0.15, -0.1) is 0 Å². The Kier molecular flexibility index (Phi) is 3.90. The number of nitrogen functional groups attached to an aromatic ring is 1. The van der Waals surface area contributed by atoms with Crippen LogP contribution >= 0.6 is 0 Å². The predicted molar refractivity (Wildman–Crippen MR) is 93.4 cm³/mol. The number of nitriles is 1. The normalized spacial score (nSPS) is 10.0. The van der Waals surface area contributed by atoms with Crippen molar-refractivity contribution >= 4 is 11.4 Å². The zero-order chi connectivity index (χ0) is 16.2. The first-order valence-electron chi connectivity index (χ1n) is 7.23. The van der Waals surface area contributed by atoms with Crippen LogP contribution in [0.3, 0.4) is 0 Å². The van der Waals surface area contributed by atoms with Gasteiger partial charge in [0.25, 0.3) is 0 Å². The van der Waals surface area contributed by atoms with Crippen LogP contribution in [0.4, 0.5) is 5.69 Å². The summed E-state index contributed by atoms with van der Waals surface area (Å²) in [5.74, 6) is 0. The summed E-state index contributed by atoms with van der Waals surface area (Å²) < 4.78 is 0. The molecule has 0 unspecified atom stereocenters. The molecular weight excluding hydrogens is 282 g/mol. The van der Waals surface area contributed by atoms with Crippen molar-refractivity contribution in [3.8, 4) is 17.2 Å². The molecule has 0 spiro atoms. The van der Waals surface area contributed by atoms with Gasteiger partial charge in [0.1, 0.15) is 0 Å². The van der Waals surface area contributed by atoms with Gasteiger partial charge in [0.05, 0.1) is 17.3 Å². The van der Waals surface area contributed by atoms with Crippen molar-refractivity contribution in [1.29, 1.82) is 10.7 Å². The molecule has 0 amide bonds. The Hall–Kier alpha value is -3.38. The van der Waals surface area contributed by atoms with Gasteiger partial charge in [-0.25, -0.2) is 0 Å². The van der Waals surface area contributed by atoms with Crippen LogP contribution in [0.1, 0.15) is 16.7 Å². The summed E-state index contributed by atoms with van der Waals surface area (Å²) in [4.78, 5) is 0. The number of hydrogen-bond donors (Lipinski definition) is 2. The number of nitrogens with zero attached hydrogens (tertiary/aromatic N) is 1. The SMILES string of the molecule is N#Cc1cccc(-c2ccc(C(=N)c3ccccc3N)cc2)c1. The lowest BCUT2D eigenvalue weighted by molar-refractivity contribution is 1.45. The fraction of sp³-hybridized carbons (Fsp3) is 0. The highest BCUT2D eigenvalue weighted by atomic mass is 14.6. The summed E-state index contributed by atoms with van der Waals surface area (Å²) in [5, 5.41) is 17.3. The van der Waals surface area contributed by atoms with E-state index in [1.807, 2.05) is 60.7 Å². The maximum absolute atomic E-state index is 8.99. The summed E-state index contributed by atoms with van der Waals surface area (Å²) in [6, 6.07) is 24.7. The average molecular weight is 297 g/mol. The average Bonchev–Trinajstić information content (AvgIpc) is 2.62. The smallest absolute Gasteiger partial charge is 0.0991 e. The maximum Gasteiger partial charge on any atom is 0.0991 e. The van der Waals surface area contributed by atoms with Crippen LogP contribution in [0.5, 0.6) is 0 Å². The van der Waals surface area contributed by atoms with Crippen LogP contribution in [0.25, 0.3) is 11.1 Å². The molecule has 0 bridgehead atoms. The van der Waals surface area contributed by atoms with Crippen molar-refractivity contribution in [3.05, 3.63) is 89.5 Å². The number of hydrogen-bond acceptors (Lipinski definition) is 3. The molecule has 3 aromatic carbocycles. The molecule has 0 heterocycles. The van der Waals surface area contributed by atoms with Gasteiger partial charge in [0, 0.05) is 16.8 Å². The molecule has 0 fully saturated rings. The molecule has 3 nitrogen and oxygen atoms in total. The topological polar surface area (TPSA) is 73.7 Å². The second-order valence-electron chi connectivity index (χ2n) is 5.23. The number of benzene rings is 3. The van der Waals surface area contributed by atoms with Crippen molar-refractivity contribution < 1.29 is 0 Å². The summed E-state index contributed by atoms with van der Waals surface area (Å²) >= 11 is 0. The molecule has 3 heteroatoms. The summed E-state index contributed by atoms with van der Waals surface area (Å²) in [5.41, 5.74) is 11.1. The second kappa shape index (κ2) is 6.17. The van der Waals surface area contributed by atoms with Gasteiger partial charge < -0.3 is 5.73 Å². The van der Waals surface area contributed by atoms with E-state index >= 15 is 0 Å². The van der Waals surface area contributed by atoms with E-state index in [0.717, 1.165) is 22.3 Å². The molecule has 0 aromatic heterocycles. The van der Waals surface area contributed by atoms with E-state index in [0.29, 0.717) is 17.0 Å². The highest BCUT2D eigenvalue weighted by molar-refractivity contribution is 6.13. The third kappa shape index (κ3) is 2.97. The van der Waals surface area contributed by atoms with Gasteiger partial charge in [0.2, 0.25) is 0 Å². The van der Waals surface area contributed by atoms with Crippen LogP contribution in [0.15, 0.2) is 72.8 Å². The van der Waals surface area contributed by atoms with E-state index in [-0.39, 0.29) is 0 Å². The van der Waals surface area contributed by atoms with Crippen molar-refractivity contribution in [3.63, 3.8) is 0 Å². The molecular formula is C20H15N3. The molecule has 3 N–H and O–H groups in total. The largest absolute Gasteiger partial charge is 0.398 e. The molecule has 0 saturated carbocycles. The molecule has 3 aromatic rings. The van der Waals surface area contributed by atoms with Crippen LogP contribution < -0.4 is 5.73 Å². The Morgan fingerprint density at radius 3 is 2.30 bits per heavy atom. The minimum absolute atomic E-state index is 0.403. The highest BCUT2D eigenvalue weighted by Gasteiger charge is 2.08. The summed E-state index contributed by atoms with van der Waals surface area (Å²) in [6.45, 7) is 0. The summed E-state index contributed by atoms with van der Waals surface area (Å²) in [6.07, 6.45) is 0. The molecule has 0 atom stereocenters. The number of nitrogens with one attached hydrogen (secondary N) is 1. The van der Waals surface area contributed by atoms with Crippen LogP contribution in [0.2, 0.25) is 0 Å². The Balaban J connectivity index is 1.92. The lowest BCUT2D eigenvalue weighted by atomic mass is 9.97. The molecule has 0 aliphatic carbocycles. The van der Waals surface area contributed by atoms with Gasteiger partial charge >= 0.3 is 0 Å². The van der Waals surface area contributed by atoms with Crippen LogP contribution in [-0.4, -0.2) is 5.71 Å². The standard InChI is InChI=1S/C20H15N3/c21-13-14-4-3-5-17(12-14)15-8-10-16(11-9-15)20(23)18-6-1-2-7-19(18)22/h1-12,23H,22H2. The minimum atomic E-state index is 0.403. The van der Waals surface area contributed by atoms with Gasteiger partial charge in [-0.05, 0) is 29.3 Å². The predicted octanol–water partition coefficient (Wildman–Crippen LogP) is 4.22. The Bertz CT molecular complexity index is 903. The molecule has 110 valence electrons. The minimum Gasteiger partial charge on any atom is -0.398 e. The van der Waals surface area contributed by atoms with Crippen molar-refractivity contribution in [2.75, 3.05) is 5.73 Å². The molecule has 0 saturated heterocycles. The number of rotatable bonds is 3. The number of anilines is 1. The Morgan fingerprint density at radius 1 is 0.870 bits per heavy atom. The molecule has 0 radical (unpaired) electrons. The molecule has 23 heavy (non-hydrogen) atoms. The third-order valence-corrected chi connectivity index (χ3v) is 3.73. The lowest BCUT2D eigenvalue weighted by Gasteiger charge is -2.09. The number of para-hydroxylation sites is 1. The zero-order valence-electron chi connectivity index (χ0n) is 12.5. The fourth-order valence-electron chi connectivity index (χ4n) is 2.48. The third-order valence-electron chi connectivity index (χ3n) is 3.73. The van der Waals surface area contributed by atoms with Crippen molar-refractivity contribution in [1.82, 2.24) is 0 Å². The van der Waals surface area contributed by atoms with Gasteiger partial charge in [0.15, 0.2) is 0 Å². The van der Waals surface area contributed by atoms with Gasteiger partial charge in [-0.2, -0.15) is 5.26 Å². The van der Waals surface area contributed by atoms with Crippen molar-refractivity contribution in [2.45, 2.75) is 0 Å². The van der Waals surface area contributed by atoms with E-state index in [9.17, 15) is 0 Å². The van der Waals surface area contributed by atoms with E-state index in [1.54, 1.807) is 12.1 Å². The van der Waals surface area contributed by atoms with E-state index in [1.165, 1.54) is 0 Å². The molecule has 3 rings (SSSR count). The second-order valence-corrected chi connectivity index (χ2v) is 5.23. The number of nitrogens with two attached hydrogens (primary N) is 1. The Labute approximate surface area is 135 Å². The van der Waals surface area contributed by atoms with Gasteiger partial charge in [-0.1, -0.05) is 54.6 Å². The molecule has 0 aliphatic rings. The van der Waals surface area contributed by atoms with Crippen molar-refractivity contribution in [2.24, 2.45) is 0 Å². The first-order valence-corrected chi connectivity index (χ1v) is 7.23. The van der Waals surface area contributed by atoms with Gasteiger partial charge in [-0.3, -0.25) is 5.41 Å². The zero-order valence-corrected chi connectivity index (χ0v) is 12.5. The quantitative estimate of drug-likeness (QED) is 0.561. The Morgan fingerprint density at radius 2 is 1.61 bits per heavy atom. The van der Waals surface area contributed by atoms with Crippen LogP contribution in [0, 0.1) is 16.7 Å². The first kappa shape index (κ1) is 14.6. The lowest BCUT2D eigenvalue weighted by Crippen LogP contribution is -2.04. The fourth-order valence-corrected chi connectivity index (χ4v) is 2.48. The van der Waals surface area contributed by atoms with Crippen LogP contribution in [-0.2, 0) is 0 Å². The first-order chi connectivity index (χ1) is 11.2. The monoisotopic (exact) mass is 297 g/mol. The summed E-state index contributed by atoms with van der Waals surface area (Å²) in [7, 11) is 0.